The summed E-state index contributed by atoms with van der Waals surface area (Å²) in [5.41, 5.74) is 0. The quantitative estimate of drug-likeness (QED) is 0.847. The van der Waals surface area contributed by atoms with Gasteiger partial charge < -0.3 is 9.67 Å². The van der Waals surface area contributed by atoms with Crippen LogP contribution in [0, 0.1) is 11.8 Å². The van der Waals surface area contributed by atoms with Gasteiger partial charge in [0.25, 0.3) is 0 Å². The van der Waals surface area contributed by atoms with Crippen LogP contribution in [0.25, 0.3) is 0 Å². The topological polar surface area (TPSA) is 50.9 Å². The normalized spacial score (nSPS) is 32.1. The van der Waals surface area contributed by atoms with Gasteiger partial charge in [-0.15, -0.1) is 10.2 Å². The zero-order chi connectivity index (χ0) is 11.3. The van der Waals surface area contributed by atoms with E-state index in [1.807, 2.05) is 0 Å². The molecule has 3 rings (SSSR count). The van der Waals surface area contributed by atoms with Gasteiger partial charge in [-0.05, 0) is 38.5 Å². The predicted molar refractivity (Wildman–Crippen MR) is 59.9 cm³/mol. The average molecular weight is 221 g/mol. The molecule has 4 heteroatoms. The van der Waals surface area contributed by atoms with Gasteiger partial charge in [0.2, 0.25) is 0 Å². The molecule has 0 aliphatic heterocycles. The largest absolute Gasteiger partial charge is 0.388 e. The van der Waals surface area contributed by atoms with Crippen molar-refractivity contribution in [2.24, 2.45) is 11.8 Å². The molecule has 0 aromatic carbocycles. The Hall–Kier alpha value is -0.900. The lowest BCUT2D eigenvalue weighted by Crippen LogP contribution is -2.10. The van der Waals surface area contributed by atoms with Crippen LogP contribution < -0.4 is 0 Å². The van der Waals surface area contributed by atoms with Crippen molar-refractivity contribution in [1.29, 1.82) is 0 Å². The molecule has 1 aromatic heterocycles. The highest BCUT2D eigenvalue weighted by atomic mass is 16.3. The molecule has 88 valence electrons. The molecule has 0 bridgehead atoms. The van der Waals surface area contributed by atoms with Gasteiger partial charge in [-0.2, -0.15) is 0 Å². The molecule has 4 nitrogen and oxygen atoms in total. The first kappa shape index (κ1) is 10.3. The molecule has 0 spiro atoms. The van der Waals surface area contributed by atoms with Gasteiger partial charge in [-0.3, -0.25) is 0 Å². The minimum absolute atomic E-state index is 0.00671. The van der Waals surface area contributed by atoms with Crippen molar-refractivity contribution in [3.8, 4) is 0 Å². The minimum Gasteiger partial charge on any atom is -0.388 e. The molecule has 2 saturated carbocycles. The summed E-state index contributed by atoms with van der Waals surface area (Å²) in [5, 5.41) is 17.7. The molecule has 1 N–H and O–H groups in total. The fourth-order valence-electron chi connectivity index (χ4n) is 3.44. The summed E-state index contributed by atoms with van der Waals surface area (Å²) in [5.74, 6) is 4.18. The summed E-state index contributed by atoms with van der Waals surface area (Å²) in [6.07, 6.45) is 4.10. The Morgan fingerprint density at radius 3 is 2.56 bits per heavy atom. The summed E-state index contributed by atoms with van der Waals surface area (Å²) < 4.78 is 2.13. The number of aromatic nitrogens is 3. The smallest absolute Gasteiger partial charge is 0.159 e. The van der Waals surface area contributed by atoms with E-state index in [2.05, 4.69) is 28.6 Å². The lowest BCUT2D eigenvalue weighted by molar-refractivity contribution is 0.261. The lowest BCUT2D eigenvalue weighted by Gasteiger charge is -2.13. The number of fused-ring (bicyclic) bond motifs is 1. The summed E-state index contributed by atoms with van der Waals surface area (Å²) in [4.78, 5) is 0. The van der Waals surface area contributed by atoms with E-state index < -0.39 is 0 Å². The second-order valence-corrected chi connectivity index (χ2v) is 5.38. The maximum absolute atomic E-state index is 9.26. The second kappa shape index (κ2) is 3.55. The zero-order valence-corrected chi connectivity index (χ0v) is 9.93. The first-order valence-electron chi connectivity index (χ1n) is 6.28. The highest BCUT2D eigenvalue weighted by Crippen LogP contribution is 2.62. The van der Waals surface area contributed by atoms with Crippen molar-refractivity contribution in [3.05, 3.63) is 11.6 Å². The summed E-state index contributed by atoms with van der Waals surface area (Å²) in [6.45, 7) is 4.25. The minimum atomic E-state index is -0.00671. The molecule has 0 saturated heterocycles. The van der Waals surface area contributed by atoms with Gasteiger partial charge in [0.1, 0.15) is 12.4 Å². The van der Waals surface area contributed by atoms with Crippen molar-refractivity contribution in [3.63, 3.8) is 0 Å². The number of aliphatic hydroxyl groups is 1. The van der Waals surface area contributed by atoms with Gasteiger partial charge in [0, 0.05) is 12.0 Å². The Bertz CT molecular complexity index is 389. The van der Waals surface area contributed by atoms with Crippen LogP contribution in [0.2, 0.25) is 0 Å². The zero-order valence-electron chi connectivity index (χ0n) is 9.93. The van der Waals surface area contributed by atoms with Crippen LogP contribution in [-0.4, -0.2) is 19.9 Å². The van der Waals surface area contributed by atoms with Crippen LogP contribution in [0.5, 0.6) is 0 Å². The average Bonchev–Trinajstić information content (AvgIpc) is 2.73. The van der Waals surface area contributed by atoms with E-state index in [-0.39, 0.29) is 6.61 Å². The van der Waals surface area contributed by atoms with E-state index in [9.17, 15) is 5.11 Å². The van der Waals surface area contributed by atoms with Crippen molar-refractivity contribution in [1.82, 2.24) is 14.8 Å². The fourth-order valence-corrected chi connectivity index (χ4v) is 3.44. The van der Waals surface area contributed by atoms with Gasteiger partial charge >= 0.3 is 0 Å². The third kappa shape index (κ3) is 1.32. The molecule has 0 amide bonds. The van der Waals surface area contributed by atoms with Gasteiger partial charge in [-0.1, -0.05) is 6.42 Å². The lowest BCUT2D eigenvalue weighted by atomic mass is 10.1. The number of rotatable bonds is 3. The summed E-state index contributed by atoms with van der Waals surface area (Å²) in [6, 6.07) is 0.341. The number of nitrogens with zero attached hydrogens (tertiary/aromatic N) is 3. The molecule has 16 heavy (non-hydrogen) atoms. The van der Waals surface area contributed by atoms with E-state index in [1.54, 1.807) is 0 Å². The molecular weight excluding hydrogens is 202 g/mol. The molecule has 2 aliphatic rings. The van der Waals surface area contributed by atoms with Crippen LogP contribution in [0.15, 0.2) is 0 Å². The first-order chi connectivity index (χ1) is 7.74. The first-order valence-corrected chi connectivity index (χ1v) is 6.28. The molecule has 0 radical (unpaired) electrons. The Kier molecular flexibility index (Phi) is 2.28. The van der Waals surface area contributed by atoms with E-state index in [0.29, 0.717) is 12.0 Å². The van der Waals surface area contributed by atoms with Crippen LogP contribution >= 0.6 is 0 Å². The van der Waals surface area contributed by atoms with Gasteiger partial charge in [0.15, 0.2) is 5.82 Å². The van der Waals surface area contributed by atoms with E-state index in [0.717, 1.165) is 23.5 Å². The summed E-state index contributed by atoms with van der Waals surface area (Å²) in [7, 11) is 0. The highest BCUT2D eigenvalue weighted by molar-refractivity contribution is 5.19. The maximum atomic E-state index is 9.26. The van der Waals surface area contributed by atoms with Crippen molar-refractivity contribution in [2.75, 3.05) is 0 Å². The molecule has 1 aromatic rings. The fraction of sp³-hybridized carbons (Fsp3) is 0.833. The van der Waals surface area contributed by atoms with E-state index in [4.69, 9.17) is 0 Å². The van der Waals surface area contributed by atoms with Crippen LogP contribution in [-0.2, 0) is 6.61 Å². The Labute approximate surface area is 95.7 Å². The molecule has 2 atom stereocenters. The Balaban J connectivity index is 1.93. The van der Waals surface area contributed by atoms with Crippen LogP contribution in [0.4, 0.5) is 0 Å². The predicted octanol–water partition coefficient (Wildman–Crippen LogP) is 1.86. The SMILES string of the molecule is CC(C)n1c(CO)nnc1C1C2CCCC21. The number of hydrogen-bond acceptors (Lipinski definition) is 3. The van der Waals surface area contributed by atoms with E-state index >= 15 is 0 Å². The van der Waals surface area contributed by atoms with Crippen molar-refractivity contribution < 1.29 is 5.11 Å². The molecule has 2 unspecified atom stereocenters. The van der Waals surface area contributed by atoms with Gasteiger partial charge in [-0.25, -0.2) is 0 Å². The van der Waals surface area contributed by atoms with E-state index in [1.165, 1.54) is 19.3 Å². The van der Waals surface area contributed by atoms with Crippen LogP contribution in [0.3, 0.4) is 0 Å². The van der Waals surface area contributed by atoms with Crippen molar-refractivity contribution >= 4 is 0 Å². The summed E-state index contributed by atoms with van der Waals surface area (Å²) >= 11 is 0. The number of aliphatic hydroxyl groups excluding tert-OH is 1. The molecule has 1 heterocycles. The van der Waals surface area contributed by atoms with Crippen molar-refractivity contribution in [2.45, 2.75) is 51.7 Å². The Morgan fingerprint density at radius 1 is 1.31 bits per heavy atom. The third-order valence-corrected chi connectivity index (χ3v) is 4.16. The monoisotopic (exact) mass is 221 g/mol. The third-order valence-electron chi connectivity index (χ3n) is 4.16. The van der Waals surface area contributed by atoms with Gasteiger partial charge in [0.05, 0.1) is 0 Å². The molecular formula is C12H19N3O. The molecule has 2 fully saturated rings. The molecule has 2 aliphatic carbocycles. The van der Waals surface area contributed by atoms with Crippen LogP contribution in [0.1, 0.15) is 56.7 Å². The Morgan fingerprint density at radius 2 is 2.00 bits per heavy atom. The maximum Gasteiger partial charge on any atom is 0.159 e. The second-order valence-electron chi connectivity index (χ2n) is 5.38. The number of hydrogen-bond donors (Lipinski definition) is 1. The highest BCUT2D eigenvalue weighted by Gasteiger charge is 2.55. The standard InChI is InChI=1S/C12H19N3O/c1-7(2)15-10(6-16)13-14-12(15)11-8-4-3-5-9(8)11/h7-9,11,16H,3-6H2,1-2H3.